The zero-order valence-corrected chi connectivity index (χ0v) is 23.8. The lowest BCUT2D eigenvalue weighted by Gasteiger charge is -2.31. The number of aromatic amines is 1. The number of pyridine rings is 1. The fraction of sp³-hybridized carbons (Fsp3) is 0.212. The molecule has 0 radical (unpaired) electrons. The Morgan fingerprint density at radius 3 is 2.38 bits per heavy atom. The van der Waals surface area contributed by atoms with E-state index in [0.717, 1.165) is 38.9 Å². The van der Waals surface area contributed by atoms with Gasteiger partial charge in [-0.1, -0.05) is 42.5 Å². The van der Waals surface area contributed by atoms with Crippen LogP contribution < -0.4 is 10.3 Å². The molecular formula is C33H32N6O3. The lowest BCUT2D eigenvalue weighted by atomic mass is 9.99. The summed E-state index contributed by atoms with van der Waals surface area (Å²) < 4.78 is 12.7. The Bertz CT molecular complexity index is 1840. The van der Waals surface area contributed by atoms with Gasteiger partial charge in [0.15, 0.2) is 5.82 Å². The number of fused-ring (bicyclic) bond motifs is 1. The maximum absolute atomic E-state index is 13.9. The minimum Gasteiger partial charge on any atom is -0.497 e. The van der Waals surface area contributed by atoms with Crippen molar-refractivity contribution in [3.63, 3.8) is 0 Å². The van der Waals surface area contributed by atoms with E-state index in [1.807, 2.05) is 73.7 Å². The maximum atomic E-state index is 13.9. The molecule has 3 heterocycles. The molecule has 0 saturated heterocycles. The van der Waals surface area contributed by atoms with E-state index in [1.165, 1.54) is 0 Å². The molecule has 1 unspecified atom stereocenters. The number of ether oxygens (including phenoxy) is 1. The summed E-state index contributed by atoms with van der Waals surface area (Å²) in [7, 11) is 1.65. The molecule has 6 aromatic rings. The van der Waals surface area contributed by atoms with Gasteiger partial charge in [-0.05, 0) is 94.4 Å². The Labute approximate surface area is 243 Å². The third-order valence-corrected chi connectivity index (χ3v) is 7.61. The SMILES string of the molecule is COc1ccc(CN(Cc2ccccc2)C(c2cc3cc(C)c(C)cc3[nH]c2=O)c2nnnn2Cc2ccco2)cc1. The molecule has 42 heavy (non-hydrogen) atoms. The zero-order chi connectivity index (χ0) is 29.1. The van der Waals surface area contributed by atoms with Crippen LogP contribution in [0.5, 0.6) is 5.75 Å². The van der Waals surface area contributed by atoms with Crippen molar-refractivity contribution < 1.29 is 9.15 Å². The van der Waals surface area contributed by atoms with Crippen molar-refractivity contribution in [1.29, 1.82) is 0 Å². The first-order chi connectivity index (χ1) is 20.5. The molecule has 212 valence electrons. The van der Waals surface area contributed by atoms with E-state index in [9.17, 15) is 4.79 Å². The summed E-state index contributed by atoms with van der Waals surface area (Å²) in [5.41, 5.74) is 5.61. The number of nitrogens with one attached hydrogen (secondary N) is 1. The van der Waals surface area contributed by atoms with Gasteiger partial charge in [0.25, 0.3) is 5.56 Å². The van der Waals surface area contributed by atoms with Crippen LogP contribution in [0.3, 0.4) is 0 Å². The smallest absolute Gasteiger partial charge is 0.253 e. The van der Waals surface area contributed by atoms with Crippen LogP contribution >= 0.6 is 0 Å². The van der Waals surface area contributed by atoms with Gasteiger partial charge < -0.3 is 14.1 Å². The van der Waals surface area contributed by atoms with Crippen molar-refractivity contribution in [1.82, 2.24) is 30.1 Å². The first kappa shape index (κ1) is 27.2. The van der Waals surface area contributed by atoms with Crippen molar-refractivity contribution in [2.45, 2.75) is 39.5 Å². The quantitative estimate of drug-likeness (QED) is 0.234. The molecule has 0 aliphatic rings. The summed E-state index contributed by atoms with van der Waals surface area (Å²) in [5, 5.41) is 13.8. The lowest BCUT2D eigenvalue weighted by Crippen LogP contribution is -2.35. The van der Waals surface area contributed by atoms with Gasteiger partial charge in [-0.2, -0.15) is 0 Å². The van der Waals surface area contributed by atoms with E-state index in [4.69, 9.17) is 9.15 Å². The van der Waals surface area contributed by atoms with Crippen molar-refractivity contribution in [2.24, 2.45) is 0 Å². The highest BCUT2D eigenvalue weighted by atomic mass is 16.5. The fourth-order valence-electron chi connectivity index (χ4n) is 5.29. The average Bonchev–Trinajstić information content (AvgIpc) is 3.68. The Kier molecular flexibility index (Phi) is 7.66. The summed E-state index contributed by atoms with van der Waals surface area (Å²) in [5.74, 6) is 2.04. The van der Waals surface area contributed by atoms with Crippen LogP contribution in [0.4, 0.5) is 0 Å². The van der Waals surface area contributed by atoms with Crippen molar-refractivity contribution in [2.75, 3.05) is 7.11 Å². The zero-order valence-electron chi connectivity index (χ0n) is 23.8. The Balaban J connectivity index is 1.53. The van der Waals surface area contributed by atoms with Crippen molar-refractivity contribution in [3.8, 4) is 5.75 Å². The number of hydrogen-bond donors (Lipinski definition) is 1. The van der Waals surface area contributed by atoms with Gasteiger partial charge in [-0.15, -0.1) is 5.10 Å². The number of aryl methyl sites for hydroxylation is 2. The second-order valence-corrected chi connectivity index (χ2v) is 10.5. The van der Waals surface area contributed by atoms with Crippen molar-refractivity contribution >= 4 is 10.9 Å². The Hall–Kier alpha value is -5.02. The number of nitrogens with zero attached hydrogens (tertiary/aromatic N) is 5. The number of furan rings is 1. The third-order valence-electron chi connectivity index (χ3n) is 7.61. The topological polar surface area (TPSA) is 102 Å². The molecule has 0 aliphatic heterocycles. The molecule has 0 saturated carbocycles. The van der Waals surface area contributed by atoms with Crippen LogP contribution in [0, 0.1) is 13.8 Å². The third kappa shape index (κ3) is 5.73. The number of aromatic nitrogens is 5. The van der Waals surface area contributed by atoms with Crippen LogP contribution in [0.1, 0.15) is 45.4 Å². The molecule has 1 N–H and O–H groups in total. The van der Waals surface area contributed by atoms with Gasteiger partial charge in [-0.3, -0.25) is 9.69 Å². The van der Waals surface area contributed by atoms with E-state index in [-0.39, 0.29) is 5.56 Å². The molecule has 0 bridgehead atoms. The predicted molar refractivity (Wildman–Crippen MR) is 160 cm³/mol. The van der Waals surface area contributed by atoms with Crippen molar-refractivity contribution in [3.05, 3.63) is 141 Å². The van der Waals surface area contributed by atoms with Gasteiger partial charge in [0.05, 0.1) is 13.4 Å². The molecule has 1 atom stereocenters. The molecule has 0 spiro atoms. The van der Waals surface area contributed by atoms with E-state index < -0.39 is 6.04 Å². The first-order valence-corrected chi connectivity index (χ1v) is 13.8. The second-order valence-electron chi connectivity index (χ2n) is 10.5. The van der Waals surface area contributed by atoms with Crippen LogP contribution in [-0.2, 0) is 19.6 Å². The number of H-pyrrole nitrogens is 1. The van der Waals surface area contributed by atoms with Crippen LogP contribution in [0.2, 0.25) is 0 Å². The van der Waals surface area contributed by atoms with E-state index >= 15 is 0 Å². The summed E-state index contributed by atoms with van der Waals surface area (Å²) in [6, 6.07) is 27.4. The van der Waals surface area contributed by atoms with Crippen LogP contribution in [0.25, 0.3) is 10.9 Å². The average molecular weight is 561 g/mol. The molecule has 0 aliphatic carbocycles. The van der Waals surface area contributed by atoms with E-state index in [2.05, 4.69) is 50.5 Å². The highest BCUT2D eigenvalue weighted by Gasteiger charge is 2.31. The number of benzene rings is 3. The number of hydrogen-bond acceptors (Lipinski definition) is 7. The molecular weight excluding hydrogens is 528 g/mol. The molecule has 9 heteroatoms. The lowest BCUT2D eigenvalue weighted by molar-refractivity contribution is 0.193. The number of tetrazole rings is 1. The summed E-state index contributed by atoms with van der Waals surface area (Å²) in [6.07, 6.45) is 1.63. The van der Waals surface area contributed by atoms with Crippen LogP contribution in [-0.4, -0.2) is 37.2 Å². The van der Waals surface area contributed by atoms with Crippen LogP contribution in [0.15, 0.2) is 100 Å². The minimum absolute atomic E-state index is 0.184. The standard InChI is InChI=1S/C33H32N6O3/c1-22-16-26-18-29(33(40)34-30(26)17-23(22)2)31(32-35-36-37-39(32)21-28-10-7-15-42-28)38(19-24-8-5-4-6-9-24)20-25-11-13-27(41-3)14-12-25/h4-18,31H,19-21H2,1-3H3,(H,34,40). The molecule has 3 aromatic carbocycles. The minimum atomic E-state index is -0.577. The summed E-state index contributed by atoms with van der Waals surface area (Å²) in [4.78, 5) is 19.3. The number of rotatable bonds is 10. The highest BCUT2D eigenvalue weighted by molar-refractivity contribution is 5.81. The fourth-order valence-corrected chi connectivity index (χ4v) is 5.29. The first-order valence-electron chi connectivity index (χ1n) is 13.8. The largest absolute Gasteiger partial charge is 0.497 e. The predicted octanol–water partition coefficient (Wildman–Crippen LogP) is 5.57. The van der Waals surface area contributed by atoms with Gasteiger partial charge in [0.2, 0.25) is 0 Å². The second kappa shape index (κ2) is 11.8. The summed E-state index contributed by atoms with van der Waals surface area (Å²) >= 11 is 0. The molecule has 3 aromatic heterocycles. The van der Waals surface area contributed by atoms with E-state index in [0.29, 0.717) is 36.8 Å². The Morgan fingerprint density at radius 2 is 1.67 bits per heavy atom. The van der Waals surface area contributed by atoms with Gasteiger partial charge >= 0.3 is 0 Å². The number of methoxy groups -OCH3 is 1. The van der Waals surface area contributed by atoms with Gasteiger partial charge in [-0.25, -0.2) is 4.68 Å². The molecule has 0 amide bonds. The highest BCUT2D eigenvalue weighted by Crippen LogP contribution is 2.31. The monoisotopic (exact) mass is 560 g/mol. The van der Waals surface area contributed by atoms with Gasteiger partial charge in [0.1, 0.15) is 24.1 Å². The summed E-state index contributed by atoms with van der Waals surface area (Å²) in [6.45, 7) is 5.53. The normalized spacial score (nSPS) is 12.2. The molecule has 6 rings (SSSR count). The van der Waals surface area contributed by atoms with Gasteiger partial charge in [0, 0.05) is 24.2 Å². The van der Waals surface area contributed by atoms with E-state index in [1.54, 1.807) is 18.1 Å². The Morgan fingerprint density at radius 1 is 0.929 bits per heavy atom. The molecule has 0 fully saturated rings. The maximum Gasteiger partial charge on any atom is 0.253 e. The molecule has 9 nitrogen and oxygen atoms in total.